The normalized spacial score (nSPS) is 16.0. The summed E-state index contributed by atoms with van der Waals surface area (Å²) in [6.45, 7) is 1.60. The van der Waals surface area contributed by atoms with Crippen LogP contribution in [0.2, 0.25) is 0 Å². The van der Waals surface area contributed by atoms with Gasteiger partial charge in [-0.05, 0) is 31.4 Å². The molecule has 0 saturated heterocycles. The van der Waals surface area contributed by atoms with E-state index in [0.717, 1.165) is 17.4 Å². The van der Waals surface area contributed by atoms with E-state index in [9.17, 15) is 9.59 Å². The van der Waals surface area contributed by atoms with Gasteiger partial charge in [0.15, 0.2) is 6.61 Å². The number of furan rings is 1. The number of ether oxygens (including phenoxy) is 1. The van der Waals surface area contributed by atoms with Gasteiger partial charge in [0, 0.05) is 11.8 Å². The van der Waals surface area contributed by atoms with Crippen LogP contribution in [-0.4, -0.2) is 18.5 Å². The van der Waals surface area contributed by atoms with Crippen molar-refractivity contribution in [2.24, 2.45) is 5.92 Å². The van der Waals surface area contributed by atoms with E-state index < -0.39 is 0 Å². The number of para-hydroxylation sites is 1. The maximum Gasteiger partial charge on any atom is 0.306 e. The standard InChI is InChI=1S/C20H25NO4/c1-14(18-12-16-8-4-5-9-17(16)25-18)21-19(22)13-24-20(23)11-10-15-6-2-3-7-15/h4-5,8-9,12,14-15H,2-3,6-7,10-11,13H2,1H3,(H,21,22)/t14-/m0/s1. The van der Waals surface area contributed by atoms with Gasteiger partial charge >= 0.3 is 5.97 Å². The molecule has 0 aliphatic heterocycles. The van der Waals surface area contributed by atoms with Crippen molar-refractivity contribution in [1.82, 2.24) is 5.32 Å². The fourth-order valence-electron chi connectivity index (χ4n) is 3.41. The molecule has 1 aliphatic rings. The Morgan fingerprint density at radius 2 is 2.04 bits per heavy atom. The lowest BCUT2D eigenvalue weighted by Gasteiger charge is -2.12. The monoisotopic (exact) mass is 343 g/mol. The Morgan fingerprint density at radius 3 is 2.80 bits per heavy atom. The van der Waals surface area contributed by atoms with Crippen LogP contribution in [0, 0.1) is 5.92 Å². The Balaban J connectivity index is 1.41. The van der Waals surface area contributed by atoms with Gasteiger partial charge in [-0.25, -0.2) is 0 Å². The number of carbonyl (C=O) groups is 2. The quantitative estimate of drug-likeness (QED) is 0.768. The Hall–Kier alpha value is -2.30. The molecule has 1 amide bonds. The number of hydrogen-bond donors (Lipinski definition) is 1. The molecule has 0 unspecified atom stereocenters. The van der Waals surface area contributed by atoms with E-state index in [1.165, 1.54) is 25.7 Å². The predicted octanol–water partition coefficient (Wildman–Crippen LogP) is 4.12. The van der Waals surface area contributed by atoms with Gasteiger partial charge < -0.3 is 14.5 Å². The number of benzene rings is 1. The largest absolute Gasteiger partial charge is 0.459 e. The third-order valence-electron chi connectivity index (χ3n) is 4.84. The van der Waals surface area contributed by atoms with Gasteiger partial charge in [-0.2, -0.15) is 0 Å². The summed E-state index contributed by atoms with van der Waals surface area (Å²) in [5.41, 5.74) is 0.789. The van der Waals surface area contributed by atoms with Crippen LogP contribution in [-0.2, 0) is 14.3 Å². The highest BCUT2D eigenvalue weighted by molar-refractivity contribution is 5.81. The summed E-state index contributed by atoms with van der Waals surface area (Å²) in [5.74, 6) is 0.720. The molecule has 1 N–H and O–H groups in total. The molecule has 0 spiro atoms. The Morgan fingerprint density at radius 1 is 1.28 bits per heavy atom. The Kier molecular flexibility index (Phi) is 5.74. The molecular weight excluding hydrogens is 318 g/mol. The molecule has 5 heteroatoms. The van der Waals surface area contributed by atoms with Crippen LogP contribution in [0.3, 0.4) is 0 Å². The minimum Gasteiger partial charge on any atom is -0.459 e. The minimum absolute atomic E-state index is 0.242. The van der Waals surface area contributed by atoms with Crippen molar-refractivity contribution in [1.29, 1.82) is 0 Å². The first-order chi connectivity index (χ1) is 12.1. The first-order valence-corrected chi connectivity index (χ1v) is 9.05. The van der Waals surface area contributed by atoms with E-state index in [1.807, 2.05) is 37.3 Å². The Labute approximate surface area is 147 Å². The molecule has 25 heavy (non-hydrogen) atoms. The topological polar surface area (TPSA) is 68.5 Å². The lowest BCUT2D eigenvalue weighted by Crippen LogP contribution is -2.31. The number of carbonyl (C=O) groups excluding carboxylic acids is 2. The summed E-state index contributed by atoms with van der Waals surface area (Å²) in [5, 5.41) is 3.80. The van der Waals surface area contributed by atoms with Crippen LogP contribution in [0.5, 0.6) is 0 Å². The number of fused-ring (bicyclic) bond motifs is 1. The van der Waals surface area contributed by atoms with Crippen molar-refractivity contribution >= 4 is 22.8 Å². The zero-order chi connectivity index (χ0) is 17.6. The third kappa shape index (κ3) is 4.84. The van der Waals surface area contributed by atoms with Gasteiger partial charge in [0.05, 0.1) is 6.04 Å². The Bertz CT molecular complexity index is 697. The molecule has 1 aromatic heterocycles. The van der Waals surface area contributed by atoms with Gasteiger partial charge in [0.25, 0.3) is 5.91 Å². The molecular formula is C20H25NO4. The van der Waals surface area contributed by atoms with Crippen LogP contribution < -0.4 is 5.32 Å². The average Bonchev–Trinajstić information content (AvgIpc) is 3.27. The summed E-state index contributed by atoms with van der Waals surface area (Å²) in [7, 11) is 0. The zero-order valence-corrected chi connectivity index (χ0v) is 14.6. The lowest BCUT2D eigenvalue weighted by atomic mass is 10.0. The first kappa shape index (κ1) is 17.5. The first-order valence-electron chi connectivity index (χ1n) is 9.05. The second kappa shape index (κ2) is 8.19. The summed E-state index contributed by atoms with van der Waals surface area (Å²) < 4.78 is 10.8. The fraction of sp³-hybridized carbons (Fsp3) is 0.500. The number of amides is 1. The van der Waals surface area contributed by atoms with Gasteiger partial charge in [0.2, 0.25) is 0 Å². The maximum absolute atomic E-state index is 12.0. The zero-order valence-electron chi connectivity index (χ0n) is 14.6. The van der Waals surface area contributed by atoms with E-state index in [2.05, 4.69) is 5.32 Å². The highest BCUT2D eigenvalue weighted by atomic mass is 16.5. The number of esters is 1. The summed E-state index contributed by atoms with van der Waals surface area (Å²) in [6, 6.07) is 9.33. The second-order valence-corrected chi connectivity index (χ2v) is 6.83. The molecule has 134 valence electrons. The van der Waals surface area contributed by atoms with Crippen molar-refractivity contribution in [3.8, 4) is 0 Å². The fourth-order valence-corrected chi connectivity index (χ4v) is 3.41. The maximum atomic E-state index is 12.0. The molecule has 3 rings (SSSR count). The van der Waals surface area contributed by atoms with Gasteiger partial charge in [-0.1, -0.05) is 43.9 Å². The van der Waals surface area contributed by atoms with Crippen molar-refractivity contribution in [2.75, 3.05) is 6.61 Å². The van der Waals surface area contributed by atoms with Crippen molar-refractivity contribution in [3.63, 3.8) is 0 Å². The molecule has 1 heterocycles. The van der Waals surface area contributed by atoms with Gasteiger partial charge in [0.1, 0.15) is 11.3 Å². The SMILES string of the molecule is C[C@H](NC(=O)COC(=O)CCC1CCCC1)c1cc2ccccc2o1. The van der Waals surface area contributed by atoms with Crippen LogP contribution >= 0.6 is 0 Å². The molecule has 0 bridgehead atoms. The molecule has 0 radical (unpaired) electrons. The van der Waals surface area contributed by atoms with Crippen LogP contribution in [0.1, 0.15) is 57.3 Å². The van der Waals surface area contributed by atoms with E-state index >= 15 is 0 Å². The highest BCUT2D eigenvalue weighted by Crippen LogP contribution is 2.28. The van der Waals surface area contributed by atoms with E-state index in [0.29, 0.717) is 18.1 Å². The van der Waals surface area contributed by atoms with Crippen molar-refractivity contribution < 1.29 is 18.7 Å². The third-order valence-corrected chi connectivity index (χ3v) is 4.84. The summed E-state index contributed by atoms with van der Waals surface area (Å²) in [4.78, 5) is 23.7. The summed E-state index contributed by atoms with van der Waals surface area (Å²) >= 11 is 0. The van der Waals surface area contributed by atoms with Crippen molar-refractivity contribution in [3.05, 3.63) is 36.1 Å². The molecule has 5 nitrogen and oxygen atoms in total. The average molecular weight is 343 g/mol. The van der Waals surface area contributed by atoms with E-state index in [4.69, 9.17) is 9.15 Å². The highest BCUT2D eigenvalue weighted by Gasteiger charge is 2.18. The molecule has 1 aromatic carbocycles. The number of hydrogen-bond acceptors (Lipinski definition) is 4. The smallest absolute Gasteiger partial charge is 0.306 e. The predicted molar refractivity (Wildman–Crippen MR) is 94.9 cm³/mol. The minimum atomic E-state index is -0.317. The van der Waals surface area contributed by atoms with Crippen LogP contribution in [0.4, 0.5) is 0 Å². The van der Waals surface area contributed by atoms with Gasteiger partial charge in [-0.3, -0.25) is 9.59 Å². The van der Waals surface area contributed by atoms with Crippen LogP contribution in [0.25, 0.3) is 11.0 Å². The number of rotatable bonds is 7. The number of nitrogens with one attached hydrogen (secondary N) is 1. The van der Waals surface area contributed by atoms with E-state index in [-0.39, 0.29) is 24.5 Å². The molecule has 1 saturated carbocycles. The van der Waals surface area contributed by atoms with Crippen molar-refractivity contribution in [2.45, 2.75) is 51.5 Å². The van der Waals surface area contributed by atoms with Crippen LogP contribution in [0.15, 0.2) is 34.7 Å². The summed E-state index contributed by atoms with van der Waals surface area (Å²) in [6.07, 6.45) is 6.22. The molecule has 1 fully saturated rings. The lowest BCUT2D eigenvalue weighted by molar-refractivity contribution is -0.149. The second-order valence-electron chi connectivity index (χ2n) is 6.83. The molecule has 1 atom stereocenters. The molecule has 1 aliphatic carbocycles. The van der Waals surface area contributed by atoms with E-state index in [1.54, 1.807) is 0 Å². The van der Waals surface area contributed by atoms with Gasteiger partial charge in [-0.15, -0.1) is 0 Å². The molecule has 2 aromatic rings.